The number of Topliss-reactive ketones (excluding diaryl/α,β-unsaturated/α-hetero) is 1. The summed E-state index contributed by atoms with van der Waals surface area (Å²) in [5.74, 6) is -0.173. The number of amides is 1. The maximum atomic E-state index is 12.2. The van der Waals surface area contributed by atoms with Gasteiger partial charge < -0.3 is 10.6 Å². The highest BCUT2D eigenvalue weighted by Gasteiger charge is 2.08. The van der Waals surface area contributed by atoms with Gasteiger partial charge >= 0.3 is 0 Å². The van der Waals surface area contributed by atoms with Crippen molar-refractivity contribution in [1.82, 2.24) is 4.90 Å². The lowest BCUT2D eigenvalue weighted by Crippen LogP contribution is -2.25. The number of hydrogen-bond donors (Lipinski definition) is 2. The smallest absolute Gasteiger partial charge is 0.243 e. The van der Waals surface area contributed by atoms with Gasteiger partial charge in [0.2, 0.25) is 5.91 Å². The molecule has 0 fully saturated rings. The lowest BCUT2D eigenvalue weighted by Gasteiger charge is -2.20. The first-order chi connectivity index (χ1) is 12.5. The normalized spacial score (nSPS) is 10.6. The summed E-state index contributed by atoms with van der Waals surface area (Å²) in [7, 11) is 0. The zero-order valence-corrected chi connectivity index (χ0v) is 15.7. The van der Waals surface area contributed by atoms with E-state index in [0.717, 1.165) is 25.3 Å². The summed E-state index contributed by atoms with van der Waals surface area (Å²) in [6.45, 7) is 8.77. The molecule has 5 heteroatoms. The molecular weight excluding hydrogens is 326 g/mol. The molecule has 0 aliphatic rings. The van der Waals surface area contributed by atoms with Crippen molar-refractivity contribution in [3.05, 3.63) is 59.7 Å². The highest BCUT2D eigenvalue weighted by atomic mass is 16.2. The molecule has 0 atom stereocenters. The maximum Gasteiger partial charge on any atom is 0.243 e. The number of ketones is 1. The lowest BCUT2D eigenvalue weighted by atomic mass is 10.1. The Balaban J connectivity index is 1.97. The summed E-state index contributed by atoms with van der Waals surface area (Å²) in [6, 6.07) is 15.0. The number of carbonyl (C=O) groups is 2. The van der Waals surface area contributed by atoms with E-state index in [2.05, 4.69) is 35.4 Å². The van der Waals surface area contributed by atoms with Crippen molar-refractivity contribution < 1.29 is 9.59 Å². The van der Waals surface area contributed by atoms with E-state index in [4.69, 9.17) is 0 Å². The number of carbonyl (C=O) groups excluding carboxylic acids is 2. The molecule has 0 saturated heterocycles. The van der Waals surface area contributed by atoms with E-state index in [-0.39, 0.29) is 18.2 Å². The number of hydrogen-bond acceptors (Lipinski definition) is 4. The van der Waals surface area contributed by atoms with Gasteiger partial charge in [0.15, 0.2) is 5.78 Å². The third-order valence-corrected chi connectivity index (χ3v) is 4.30. The zero-order chi connectivity index (χ0) is 18.9. The van der Waals surface area contributed by atoms with Crippen LogP contribution >= 0.6 is 0 Å². The summed E-state index contributed by atoms with van der Waals surface area (Å²) in [5, 5.41) is 6.04. The van der Waals surface area contributed by atoms with Crippen LogP contribution in [-0.2, 0) is 11.3 Å². The van der Waals surface area contributed by atoms with Crippen LogP contribution < -0.4 is 10.6 Å². The summed E-state index contributed by atoms with van der Waals surface area (Å²) in [4.78, 5) is 26.0. The van der Waals surface area contributed by atoms with E-state index in [9.17, 15) is 9.59 Å². The number of rotatable bonds is 9. The minimum atomic E-state index is -0.150. The first-order valence-corrected chi connectivity index (χ1v) is 8.98. The third-order valence-electron chi connectivity index (χ3n) is 4.30. The fourth-order valence-corrected chi connectivity index (χ4v) is 2.72. The molecule has 2 aromatic carbocycles. The van der Waals surface area contributed by atoms with Gasteiger partial charge in [-0.25, -0.2) is 0 Å². The van der Waals surface area contributed by atoms with Crippen molar-refractivity contribution in [1.29, 1.82) is 0 Å². The monoisotopic (exact) mass is 353 g/mol. The fourth-order valence-electron chi connectivity index (χ4n) is 2.72. The van der Waals surface area contributed by atoms with Gasteiger partial charge in [-0.15, -0.1) is 0 Å². The average Bonchev–Trinajstić information content (AvgIpc) is 2.65. The van der Waals surface area contributed by atoms with Gasteiger partial charge in [-0.3, -0.25) is 14.5 Å². The van der Waals surface area contributed by atoms with Crippen molar-refractivity contribution in [2.45, 2.75) is 27.3 Å². The Labute approximate surface area is 155 Å². The maximum absolute atomic E-state index is 12.2. The number of anilines is 2. The number of para-hydroxylation sites is 1. The highest BCUT2D eigenvalue weighted by molar-refractivity contribution is 5.98. The Morgan fingerprint density at radius 3 is 2.42 bits per heavy atom. The highest BCUT2D eigenvalue weighted by Crippen LogP contribution is 2.17. The average molecular weight is 353 g/mol. The van der Waals surface area contributed by atoms with Crippen LogP contribution in [0.25, 0.3) is 0 Å². The van der Waals surface area contributed by atoms with E-state index in [1.54, 1.807) is 24.3 Å². The molecular formula is C21H27N3O2. The topological polar surface area (TPSA) is 61.4 Å². The zero-order valence-electron chi connectivity index (χ0n) is 15.7. The molecule has 2 aromatic rings. The van der Waals surface area contributed by atoms with Crippen molar-refractivity contribution in [3.8, 4) is 0 Å². The van der Waals surface area contributed by atoms with Crippen LogP contribution in [0.15, 0.2) is 48.5 Å². The molecule has 0 heterocycles. The van der Waals surface area contributed by atoms with Gasteiger partial charge in [0.1, 0.15) is 0 Å². The predicted octanol–water partition coefficient (Wildman–Crippen LogP) is 3.78. The molecule has 0 aromatic heterocycles. The van der Waals surface area contributed by atoms with Crippen molar-refractivity contribution in [2.75, 3.05) is 30.3 Å². The van der Waals surface area contributed by atoms with Crippen molar-refractivity contribution >= 4 is 23.1 Å². The second kappa shape index (κ2) is 9.73. The molecule has 0 saturated carbocycles. The molecule has 2 rings (SSSR count). The molecule has 26 heavy (non-hydrogen) atoms. The van der Waals surface area contributed by atoms with Gasteiger partial charge in [-0.05, 0) is 43.8 Å². The molecule has 1 amide bonds. The summed E-state index contributed by atoms with van der Waals surface area (Å²) >= 11 is 0. The SMILES string of the molecule is CCN(CC)Cc1ccccc1NCC(=O)Nc1cccc(C(C)=O)c1. The van der Waals surface area contributed by atoms with E-state index < -0.39 is 0 Å². The van der Waals surface area contributed by atoms with Crippen LogP contribution in [-0.4, -0.2) is 36.2 Å². The second-order valence-electron chi connectivity index (χ2n) is 6.16. The third kappa shape index (κ3) is 5.70. The number of nitrogens with one attached hydrogen (secondary N) is 2. The minimum absolute atomic E-state index is 0.0236. The van der Waals surface area contributed by atoms with Crippen LogP contribution in [0.4, 0.5) is 11.4 Å². The standard InChI is InChI=1S/C21H27N3O2/c1-4-24(5-2)15-18-9-6-7-12-20(18)22-14-21(26)23-19-11-8-10-17(13-19)16(3)25/h6-13,22H,4-5,14-15H2,1-3H3,(H,23,26). The van der Waals surface area contributed by atoms with Gasteiger partial charge in [-0.1, -0.05) is 44.2 Å². The summed E-state index contributed by atoms with van der Waals surface area (Å²) in [6.07, 6.45) is 0. The quantitative estimate of drug-likeness (QED) is 0.674. The van der Waals surface area contributed by atoms with E-state index in [1.165, 1.54) is 12.5 Å². The molecule has 2 N–H and O–H groups in total. The van der Waals surface area contributed by atoms with Gasteiger partial charge in [0, 0.05) is 23.5 Å². The van der Waals surface area contributed by atoms with E-state index in [1.807, 2.05) is 18.2 Å². The van der Waals surface area contributed by atoms with E-state index in [0.29, 0.717) is 11.3 Å². The minimum Gasteiger partial charge on any atom is -0.376 e. The molecule has 0 radical (unpaired) electrons. The molecule has 5 nitrogen and oxygen atoms in total. The first-order valence-electron chi connectivity index (χ1n) is 8.98. The molecule has 0 aliphatic carbocycles. The summed E-state index contributed by atoms with van der Waals surface area (Å²) < 4.78 is 0. The Bertz CT molecular complexity index is 754. The van der Waals surface area contributed by atoms with Crippen LogP contribution in [0.5, 0.6) is 0 Å². The molecule has 0 unspecified atom stereocenters. The number of benzene rings is 2. The Hall–Kier alpha value is -2.66. The van der Waals surface area contributed by atoms with Crippen LogP contribution in [0, 0.1) is 0 Å². The largest absolute Gasteiger partial charge is 0.376 e. The van der Waals surface area contributed by atoms with Gasteiger partial charge in [0.05, 0.1) is 6.54 Å². The fraction of sp³-hybridized carbons (Fsp3) is 0.333. The van der Waals surface area contributed by atoms with Crippen molar-refractivity contribution in [3.63, 3.8) is 0 Å². The summed E-state index contributed by atoms with van der Waals surface area (Å²) in [5.41, 5.74) is 3.34. The molecule has 0 aliphatic heterocycles. The van der Waals surface area contributed by atoms with Gasteiger partial charge in [0.25, 0.3) is 0 Å². The Kier molecular flexibility index (Phi) is 7.36. The van der Waals surface area contributed by atoms with Crippen LogP contribution in [0.3, 0.4) is 0 Å². The predicted molar refractivity (Wildman–Crippen MR) is 107 cm³/mol. The first kappa shape index (κ1) is 19.7. The van der Waals surface area contributed by atoms with Crippen LogP contribution in [0.2, 0.25) is 0 Å². The number of nitrogens with zero attached hydrogens (tertiary/aromatic N) is 1. The molecule has 138 valence electrons. The van der Waals surface area contributed by atoms with E-state index >= 15 is 0 Å². The Morgan fingerprint density at radius 1 is 1.00 bits per heavy atom. The lowest BCUT2D eigenvalue weighted by molar-refractivity contribution is -0.114. The Morgan fingerprint density at radius 2 is 1.73 bits per heavy atom. The molecule has 0 bridgehead atoms. The van der Waals surface area contributed by atoms with Gasteiger partial charge in [-0.2, -0.15) is 0 Å². The molecule has 0 spiro atoms. The van der Waals surface area contributed by atoms with Crippen LogP contribution in [0.1, 0.15) is 36.7 Å². The van der Waals surface area contributed by atoms with Crippen molar-refractivity contribution in [2.24, 2.45) is 0 Å². The second-order valence-corrected chi connectivity index (χ2v) is 6.16.